The van der Waals surface area contributed by atoms with Gasteiger partial charge in [0.2, 0.25) is 0 Å². The zero-order valence-corrected chi connectivity index (χ0v) is 19.5. The summed E-state index contributed by atoms with van der Waals surface area (Å²) in [6.45, 7) is 1.73. The molecule has 5 N–H and O–H groups in total. The van der Waals surface area contributed by atoms with Gasteiger partial charge < -0.3 is 35.3 Å². The molecule has 1 aliphatic rings. The lowest BCUT2D eigenvalue weighted by Gasteiger charge is -2.19. The molecule has 0 radical (unpaired) electrons. The van der Waals surface area contributed by atoms with Crippen molar-refractivity contribution in [1.82, 2.24) is 19.9 Å². The van der Waals surface area contributed by atoms with Crippen LogP contribution in [0.2, 0.25) is 0 Å². The van der Waals surface area contributed by atoms with Crippen molar-refractivity contribution in [2.45, 2.75) is 56.5 Å². The maximum Gasteiger partial charge on any atom is 0.471 e. The number of carbonyl (C=O) groups is 2. The second kappa shape index (κ2) is 11.4. The minimum Gasteiger partial charge on any atom is -0.464 e. The third kappa shape index (κ3) is 6.34. The second-order valence-electron chi connectivity index (χ2n) is 7.82. The number of nitrogens with two attached hydrogens (primary N) is 1. The van der Waals surface area contributed by atoms with Gasteiger partial charge in [0.05, 0.1) is 18.1 Å². The van der Waals surface area contributed by atoms with Crippen LogP contribution >= 0.6 is 11.8 Å². The van der Waals surface area contributed by atoms with E-state index in [-0.39, 0.29) is 30.4 Å². The molecule has 0 bridgehead atoms. The van der Waals surface area contributed by atoms with Crippen molar-refractivity contribution in [3.8, 4) is 0 Å². The highest BCUT2D eigenvalue weighted by Gasteiger charge is 2.44. The topological polar surface area (TPSA) is 162 Å². The molecule has 0 aliphatic carbocycles. The van der Waals surface area contributed by atoms with Gasteiger partial charge in [0, 0.05) is 11.9 Å². The fourth-order valence-electron chi connectivity index (χ4n) is 3.49. The maximum atomic E-state index is 12.6. The number of nitrogens with one attached hydrogen (secondary N) is 1. The molecule has 11 nitrogen and oxygen atoms in total. The first-order valence-electron chi connectivity index (χ1n) is 10.7. The summed E-state index contributed by atoms with van der Waals surface area (Å²) in [4.78, 5) is 31.4. The van der Waals surface area contributed by atoms with E-state index >= 15 is 0 Å². The normalized spacial score (nSPS) is 23.4. The van der Waals surface area contributed by atoms with Crippen molar-refractivity contribution < 1.29 is 42.4 Å². The van der Waals surface area contributed by atoms with E-state index < -0.39 is 48.6 Å². The van der Waals surface area contributed by atoms with E-state index in [1.165, 1.54) is 22.7 Å². The van der Waals surface area contributed by atoms with Crippen LogP contribution in [-0.2, 0) is 19.1 Å². The molecule has 5 atom stereocenters. The number of hydrogen-bond acceptors (Lipinski definition) is 10. The molecule has 0 saturated carbocycles. The summed E-state index contributed by atoms with van der Waals surface area (Å²) >= 11 is 1.17. The minimum atomic E-state index is -5.14. The standard InChI is InChI=1S/C20H26F3N5O6S/c1-2-6-33-18(31)11(27-19(32)20(21,22)23)4-7-35-8-12-13(29)14(30)17(34-12)28-5-3-10-15(24)25-9-26-16(10)28/h3,5,9,11-14,17,29-30H,2,4,6-8H2,1H3,(H,27,32)(H2,24,25,26)/t11-,12+,13+,14+,17+/m0/s1. The van der Waals surface area contributed by atoms with Gasteiger partial charge in [0.1, 0.15) is 36.0 Å². The van der Waals surface area contributed by atoms with Crippen molar-refractivity contribution in [2.24, 2.45) is 0 Å². The van der Waals surface area contributed by atoms with Crippen LogP contribution in [-0.4, -0.2) is 85.3 Å². The molecule has 3 heterocycles. The summed E-state index contributed by atoms with van der Waals surface area (Å²) in [6.07, 6.45) is -6.24. The number of thioether (sulfide) groups is 1. The predicted octanol–water partition coefficient (Wildman–Crippen LogP) is 0.756. The molecule has 1 fully saturated rings. The molecule has 1 amide bonds. The fourth-order valence-corrected chi connectivity index (χ4v) is 4.56. The molecular formula is C20H26F3N5O6S. The van der Waals surface area contributed by atoms with Gasteiger partial charge in [-0.1, -0.05) is 6.92 Å². The van der Waals surface area contributed by atoms with E-state index in [0.29, 0.717) is 17.5 Å². The Bertz CT molecular complexity index is 1040. The Morgan fingerprint density at radius 1 is 1.34 bits per heavy atom. The van der Waals surface area contributed by atoms with E-state index in [1.54, 1.807) is 24.5 Å². The average molecular weight is 522 g/mol. The number of nitrogen functional groups attached to an aromatic ring is 1. The number of fused-ring (bicyclic) bond motifs is 1. The minimum absolute atomic E-state index is 0.0103. The number of amides is 1. The number of nitrogens with zero attached hydrogens (tertiary/aromatic N) is 3. The number of aromatic nitrogens is 3. The first-order chi connectivity index (χ1) is 16.5. The van der Waals surface area contributed by atoms with Crippen LogP contribution in [0.4, 0.5) is 19.0 Å². The lowest BCUT2D eigenvalue weighted by Crippen LogP contribution is -2.47. The number of hydrogen-bond donors (Lipinski definition) is 4. The number of esters is 1. The number of alkyl halides is 3. The summed E-state index contributed by atoms with van der Waals surface area (Å²) in [5.41, 5.74) is 6.24. The highest BCUT2D eigenvalue weighted by atomic mass is 32.2. The van der Waals surface area contributed by atoms with Gasteiger partial charge in [-0.15, -0.1) is 0 Å². The number of aliphatic hydroxyl groups is 2. The number of ether oxygens (including phenoxy) is 2. The van der Waals surface area contributed by atoms with Gasteiger partial charge in [0.15, 0.2) is 6.23 Å². The van der Waals surface area contributed by atoms with Gasteiger partial charge >= 0.3 is 18.1 Å². The molecule has 1 aliphatic heterocycles. The molecule has 2 aromatic heterocycles. The largest absolute Gasteiger partial charge is 0.471 e. The van der Waals surface area contributed by atoms with Crippen molar-refractivity contribution >= 4 is 40.5 Å². The Morgan fingerprint density at radius 3 is 2.77 bits per heavy atom. The van der Waals surface area contributed by atoms with E-state index in [4.69, 9.17) is 15.2 Å². The maximum absolute atomic E-state index is 12.6. The Labute approximate surface area is 202 Å². The Kier molecular flexibility index (Phi) is 8.79. The average Bonchev–Trinajstić information content (AvgIpc) is 3.35. The molecule has 0 unspecified atom stereocenters. The quantitative estimate of drug-likeness (QED) is 0.259. The molecule has 194 valence electrons. The van der Waals surface area contributed by atoms with Gasteiger partial charge in [-0.25, -0.2) is 14.8 Å². The zero-order chi connectivity index (χ0) is 25.8. The highest BCUT2D eigenvalue weighted by Crippen LogP contribution is 2.34. The van der Waals surface area contributed by atoms with Gasteiger partial charge in [-0.05, 0) is 24.7 Å². The SMILES string of the molecule is CCCOC(=O)[C@H](CCSC[C@H]1O[C@@H](n2ccc3c(N)ncnc32)[C@H](O)[C@@H]1O)NC(=O)C(F)(F)F. The third-order valence-corrected chi connectivity index (χ3v) is 6.37. The molecule has 35 heavy (non-hydrogen) atoms. The molecule has 15 heteroatoms. The fraction of sp³-hybridized carbons (Fsp3) is 0.600. The van der Waals surface area contributed by atoms with Crippen LogP contribution in [0.25, 0.3) is 11.0 Å². The number of anilines is 1. The van der Waals surface area contributed by atoms with Crippen LogP contribution in [0.1, 0.15) is 26.0 Å². The lowest BCUT2D eigenvalue weighted by molar-refractivity contribution is -0.176. The summed E-state index contributed by atoms with van der Waals surface area (Å²) in [6, 6.07) is 0.176. The zero-order valence-electron chi connectivity index (χ0n) is 18.6. The van der Waals surface area contributed by atoms with E-state index in [1.807, 2.05) is 0 Å². The van der Waals surface area contributed by atoms with Crippen LogP contribution < -0.4 is 11.1 Å². The molecule has 2 aromatic rings. The summed E-state index contributed by atoms with van der Waals surface area (Å²) in [7, 11) is 0. The number of aliphatic hydroxyl groups excluding tert-OH is 2. The van der Waals surface area contributed by atoms with Crippen LogP contribution in [0, 0.1) is 0 Å². The van der Waals surface area contributed by atoms with Crippen LogP contribution in [0.3, 0.4) is 0 Å². The molecular weight excluding hydrogens is 495 g/mol. The van der Waals surface area contributed by atoms with E-state index in [9.17, 15) is 33.0 Å². The molecule has 0 spiro atoms. The van der Waals surface area contributed by atoms with Crippen LogP contribution in [0.5, 0.6) is 0 Å². The third-order valence-electron chi connectivity index (χ3n) is 5.28. The lowest BCUT2D eigenvalue weighted by atomic mass is 10.1. The summed E-state index contributed by atoms with van der Waals surface area (Å²) in [5.74, 6) is -2.63. The molecule has 0 aromatic carbocycles. The monoisotopic (exact) mass is 521 g/mol. The molecule has 3 rings (SSSR count). The Balaban J connectivity index is 1.57. The van der Waals surface area contributed by atoms with Crippen molar-refractivity contribution in [3.05, 3.63) is 18.6 Å². The smallest absolute Gasteiger partial charge is 0.464 e. The Hall–Kier alpha value is -2.62. The summed E-state index contributed by atoms with van der Waals surface area (Å²) < 4.78 is 50.1. The molecule has 1 saturated heterocycles. The number of halogens is 3. The first-order valence-corrected chi connectivity index (χ1v) is 11.9. The van der Waals surface area contributed by atoms with Crippen LogP contribution in [0.15, 0.2) is 18.6 Å². The van der Waals surface area contributed by atoms with Crippen molar-refractivity contribution in [3.63, 3.8) is 0 Å². The van der Waals surface area contributed by atoms with Gasteiger partial charge in [0.25, 0.3) is 0 Å². The first kappa shape index (κ1) is 27.0. The second-order valence-corrected chi connectivity index (χ2v) is 8.97. The van der Waals surface area contributed by atoms with Gasteiger partial charge in [-0.3, -0.25) is 4.79 Å². The van der Waals surface area contributed by atoms with E-state index in [2.05, 4.69) is 9.97 Å². The van der Waals surface area contributed by atoms with Gasteiger partial charge in [-0.2, -0.15) is 24.9 Å². The number of carbonyl (C=O) groups excluding carboxylic acids is 2. The highest BCUT2D eigenvalue weighted by molar-refractivity contribution is 7.99. The predicted molar refractivity (Wildman–Crippen MR) is 119 cm³/mol. The Morgan fingerprint density at radius 2 is 2.09 bits per heavy atom. The van der Waals surface area contributed by atoms with Crippen molar-refractivity contribution in [2.75, 3.05) is 23.8 Å². The van der Waals surface area contributed by atoms with E-state index in [0.717, 1.165) is 0 Å². The summed E-state index contributed by atoms with van der Waals surface area (Å²) in [5, 5.41) is 23.2. The van der Waals surface area contributed by atoms with Crippen molar-refractivity contribution in [1.29, 1.82) is 0 Å². The number of rotatable bonds is 10.